The van der Waals surface area contributed by atoms with Crippen molar-refractivity contribution in [3.8, 4) is 5.75 Å². The number of nitrogens with one attached hydrogen (secondary N) is 1. The molecule has 0 spiro atoms. The number of phenols is 1. The fraction of sp³-hybridized carbons (Fsp3) is 0.0909. The number of hydrogen-bond donors (Lipinski definition) is 3. The van der Waals surface area contributed by atoms with Gasteiger partial charge in [0.25, 0.3) is 0 Å². The average molecular weight is 295 g/mol. The van der Waals surface area contributed by atoms with E-state index in [2.05, 4.69) is 31.2 Å². The molecule has 0 aliphatic rings. The maximum atomic E-state index is 9.45. The lowest BCUT2D eigenvalue weighted by molar-refractivity contribution is 0.477. The molecule has 1 heterocycles. The lowest BCUT2D eigenvalue weighted by Gasteiger charge is -2.06. The summed E-state index contributed by atoms with van der Waals surface area (Å²) in [6.07, 6.45) is 1.65. The van der Waals surface area contributed by atoms with Gasteiger partial charge < -0.3 is 16.2 Å². The molecule has 0 fully saturated rings. The number of halogens is 1. The quantitative estimate of drug-likeness (QED) is 0.459. The van der Waals surface area contributed by atoms with Crippen molar-refractivity contribution in [1.29, 1.82) is 0 Å². The molecule has 0 bridgehead atoms. The molecule has 0 radical (unpaired) electrons. The first-order valence-corrected chi connectivity index (χ1v) is 5.74. The van der Waals surface area contributed by atoms with Crippen LogP contribution in [-0.4, -0.2) is 15.1 Å². The van der Waals surface area contributed by atoms with Crippen LogP contribution in [-0.2, 0) is 6.54 Å². The highest BCUT2D eigenvalue weighted by atomic mass is 79.9. The van der Waals surface area contributed by atoms with Crippen molar-refractivity contribution < 1.29 is 5.11 Å². The molecule has 6 heteroatoms. The van der Waals surface area contributed by atoms with Crippen LogP contribution in [0, 0.1) is 0 Å². The van der Waals surface area contributed by atoms with Gasteiger partial charge in [0.05, 0.1) is 5.69 Å². The van der Waals surface area contributed by atoms with Crippen LogP contribution in [0.15, 0.2) is 35.1 Å². The highest BCUT2D eigenvalue weighted by molar-refractivity contribution is 9.10. The maximum Gasteiger partial charge on any atom is 0.223 e. The van der Waals surface area contributed by atoms with E-state index < -0.39 is 0 Å². The molecule has 0 atom stereocenters. The van der Waals surface area contributed by atoms with Gasteiger partial charge >= 0.3 is 0 Å². The van der Waals surface area contributed by atoms with E-state index in [-0.39, 0.29) is 5.75 Å². The normalized spacial score (nSPS) is 10.2. The molecule has 1 aromatic carbocycles. The number of aromatic hydroxyl groups is 1. The second-order valence-electron chi connectivity index (χ2n) is 3.45. The number of benzene rings is 1. The monoisotopic (exact) mass is 294 g/mol. The Morgan fingerprint density at radius 1 is 1.35 bits per heavy atom. The largest absolute Gasteiger partial charge is 0.506 e. The molecular weight excluding hydrogens is 284 g/mol. The highest BCUT2D eigenvalue weighted by Gasteiger charge is 2.00. The van der Waals surface area contributed by atoms with Gasteiger partial charge in [0, 0.05) is 12.7 Å². The van der Waals surface area contributed by atoms with Crippen LogP contribution >= 0.6 is 15.9 Å². The van der Waals surface area contributed by atoms with Crippen molar-refractivity contribution in [2.75, 3.05) is 11.1 Å². The lowest BCUT2D eigenvalue weighted by atomic mass is 10.2. The van der Waals surface area contributed by atoms with Crippen molar-refractivity contribution in [3.05, 3.63) is 40.6 Å². The predicted molar refractivity (Wildman–Crippen MR) is 69.6 cm³/mol. The minimum absolute atomic E-state index is 0.0828. The molecule has 17 heavy (non-hydrogen) atoms. The van der Waals surface area contributed by atoms with Crippen LogP contribution < -0.4 is 11.1 Å². The summed E-state index contributed by atoms with van der Waals surface area (Å²) in [6.45, 7) is 0.518. The van der Waals surface area contributed by atoms with Crippen molar-refractivity contribution in [3.63, 3.8) is 0 Å². The number of hydrogen-bond acceptors (Lipinski definition) is 5. The van der Waals surface area contributed by atoms with Gasteiger partial charge in [0.15, 0.2) is 0 Å². The van der Waals surface area contributed by atoms with Crippen molar-refractivity contribution >= 4 is 27.6 Å². The summed E-state index contributed by atoms with van der Waals surface area (Å²) in [5.74, 6) is 0.607. The fourth-order valence-electron chi connectivity index (χ4n) is 1.30. The third-order valence-electron chi connectivity index (χ3n) is 2.17. The van der Waals surface area contributed by atoms with Gasteiger partial charge in [-0.25, -0.2) is 9.97 Å². The van der Waals surface area contributed by atoms with E-state index in [9.17, 15) is 5.11 Å². The molecule has 2 aromatic rings. The molecule has 2 rings (SSSR count). The molecule has 5 nitrogen and oxygen atoms in total. The Labute approximate surface area is 107 Å². The Balaban J connectivity index is 2.05. The second kappa shape index (κ2) is 5.01. The minimum atomic E-state index is 0.0828. The fourth-order valence-corrected chi connectivity index (χ4v) is 1.59. The maximum absolute atomic E-state index is 9.45. The summed E-state index contributed by atoms with van der Waals surface area (Å²) in [4.78, 5) is 8.19. The molecule has 0 aliphatic heterocycles. The van der Waals surface area contributed by atoms with Gasteiger partial charge in [-0.15, -0.1) is 0 Å². The van der Waals surface area contributed by atoms with Crippen molar-refractivity contribution in [2.24, 2.45) is 0 Å². The first-order chi connectivity index (χ1) is 8.15. The molecule has 1 aromatic heterocycles. The van der Waals surface area contributed by atoms with Gasteiger partial charge in [-0.2, -0.15) is 0 Å². The van der Waals surface area contributed by atoms with E-state index in [0.29, 0.717) is 18.2 Å². The second-order valence-corrected chi connectivity index (χ2v) is 4.26. The van der Waals surface area contributed by atoms with Crippen LogP contribution in [0.2, 0.25) is 0 Å². The Bertz CT molecular complexity index is 533. The van der Waals surface area contributed by atoms with E-state index in [0.717, 1.165) is 10.2 Å². The molecule has 0 saturated carbocycles. The van der Waals surface area contributed by atoms with E-state index >= 15 is 0 Å². The van der Waals surface area contributed by atoms with Crippen LogP contribution in [0.1, 0.15) is 5.56 Å². The van der Waals surface area contributed by atoms with Gasteiger partial charge in [-0.1, -0.05) is 6.07 Å². The van der Waals surface area contributed by atoms with Gasteiger partial charge in [-0.05, 0) is 39.7 Å². The zero-order chi connectivity index (χ0) is 12.3. The minimum Gasteiger partial charge on any atom is -0.506 e. The van der Waals surface area contributed by atoms with Crippen LogP contribution in [0.3, 0.4) is 0 Å². The summed E-state index contributed by atoms with van der Waals surface area (Å²) in [7, 11) is 0. The number of nitrogens with zero attached hydrogens (tertiary/aromatic N) is 2. The number of nitrogens with two attached hydrogens (primary N) is 1. The van der Waals surface area contributed by atoms with Gasteiger partial charge in [0.2, 0.25) is 5.95 Å². The standard InChI is InChI=1S/C11H11BrN4O/c12-10-3-4-14-11(16-10)15-6-7-1-2-8(13)9(17)5-7/h1-5,17H,6,13H2,(H,14,15,16). The summed E-state index contributed by atoms with van der Waals surface area (Å²) >= 11 is 3.26. The average Bonchev–Trinajstić information content (AvgIpc) is 2.31. The molecule has 0 saturated heterocycles. The smallest absolute Gasteiger partial charge is 0.223 e. The van der Waals surface area contributed by atoms with E-state index in [4.69, 9.17) is 5.73 Å². The molecule has 0 aliphatic carbocycles. The third-order valence-corrected chi connectivity index (χ3v) is 2.61. The molecule has 4 N–H and O–H groups in total. The highest BCUT2D eigenvalue weighted by Crippen LogP contribution is 2.21. The Morgan fingerprint density at radius 2 is 2.18 bits per heavy atom. The molecular formula is C11H11BrN4O. The Kier molecular flexibility index (Phi) is 3.43. The SMILES string of the molecule is Nc1ccc(CNc2nccc(Br)n2)cc1O. The summed E-state index contributed by atoms with van der Waals surface area (Å²) in [5.41, 5.74) is 6.79. The Morgan fingerprint density at radius 3 is 2.88 bits per heavy atom. The molecule has 0 unspecified atom stereocenters. The van der Waals surface area contributed by atoms with Crippen LogP contribution in [0.25, 0.3) is 0 Å². The van der Waals surface area contributed by atoms with Crippen molar-refractivity contribution in [2.45, 2.75) is 6.54 Å². The van der Waals surface area contributed by atoms with Crippen molar-refractivity contribution in [1.82, 2.24) is 9.97 Å². The summed E-state index contributed by atoms with van der Waals surface area (Å²) in [5, 5.41) is 12.5. The third kappa shape index (κ3) is 3.07. The van der Waals surface area contributed by atoms with E-state index in [1.807, 2.05) is 6.07 Å². The topological polar surface area (TPSA) is 84.1 Å². The van der Waals surface area contributed by atoms with Gasteiger partial charge in [-0.3, -0.25) is 0 Å². The number of anilines is 2. The number of aromatic nitrogens is 2. The van der Waals surface area contributed by atoms with E-state index in [1.165, 1.54) is 0 Å². The number of phenolic OH excluding ortho intramolecular Hbond substituents is 1. The Hall–Kier alpha value is -1.82. The molecule has 88 valence electrons. The summed E-state index contributed by atoms with van der Waals surface area (Å²) < 4.78 is 0.718. The first kappa shape index (κ1) is 11.7. The first-order valence-electron chi connectivity index (χ1n) is 4.95. The van der Waals surface area contributed by atoms with Crippen LogP contribution in [0.4, 0.5) is 11.6 Å². The number of nitrogen functional groups attached to an aromatic ring is 1. The lowest BCUT2D eigenvalue weighted by Crippen LogP contribution is -2.03. The summed E-state index contributed by atoms with van der Waals surface area (Å²) in [6, 6.07) is 6.86. The zero-order valence-corrected chi connectivity index (χ0v) is 10.5. The van der Waals surface area contributed by atoms with E-state index in [1.54, 1.807) is 24.4 Å². The number of rotatable bonds is 3. The predicted octanol–water partition coefficient (Wildman–Crippen LogP) is 2.14. The zero-order valence-electron chi connectivity index (χ0n) is 8.89. The van der Waals surface area contributed by atoms with Crippen LogP contribution in [0.5, 0.6) is 5.75 Å². The van der Waals surface area contributed by atoms with Gasteiger partial charge in [0.1, 0.15) is 10.4 Å². The molecule has 0 amide bonds.